The van der Waals surface area contributed by atoms with E-state index in [2.05, 4.69) is 34.6 Å². The number of fused-ring (bicyclic) bond motifs is 1. The first kappa shape index (κ1) is 15.1. The number of imidazole rings is 1. The average molecular weight is 296 g/mol. The number of para-hydroxylation sites is 2. The summed E-state index contributed by atoms with van der Waals surface area (Å²) in [4.78, 5) is 7.42. The lowest BCUT2D eigenvalue weighted by molar-refractivity contribution is 0.131. The van der Waals surface area contributed by atoms with Crippen molar-refractivity contribution in [1.82, 2.24) is 14.5 Å². The van der Waals surface area contributed by atoms with E-state index in [4.69, 9.17) is 10.2 Å². The molecule has 22 heavy (non-hydrogen) atoms. The van der Waals surface area contributed by atoms with Crippen LogP contribution in [0.15, 0.2) is 24.3 Å². The Morgan fingerprint density at radius 2 is 2.18 bits per heavy atom. The molecule has 2 heterocycles. The summed E-state index contributed by atoms with van der Waals surface area (Å²) in [6.07, 6.45) is 5.67. The number of likely N-dealkylation sites (tertiary alicyclic amines) is 1. The van der Waals surface area contributed by atoms with Gasteiger partial charge in [-0.2, -0.15) is 5.26 Å². The molecule has 1 fully saturated rings. The van der Waals surface area contributed by atoms with Gasteiger partial charge in [0.15, 0.2) is 0 Å². The Bertz CT molecular complexity index is 667. The van der Waals surface area contributed by atoms with Crippen molar-refractivity contribution in [2.75, 3.05) is 6.54 Å². The number of hydrogen-bond acceptors (Lipinski definition) is 3. The molecule has 0 spiro atoms. The molecule has 1 aromatic carbocycles. The molecular weight excluding hydrogens is 272 g/mol. The van der Waals surface area contributed by atoms with Crippen molar-refractivity contribution in [2.45, 2.75) is 58.2 Å². The first-order valence-electron chi connectivity index (χ1n) is 8.38. The van der Waals surface area contributed by atoms with Crippen LogP contribution in [0.25, 0.3) is 11.0 Å². The lowest BCUT2D eigenvalue weighted by Gasteiger charge is -2.34. The Morgan fingerprint density at radius 3 is 3.00 bits per heavy atom. The summed E-state index contributed by atoms with van der Waals surface area (Å²) in [6.45, 7) is 5.08. The maximum atomic E-state index is 8.94. The Kier molecular flexibility index (Phi) is 4.74. The summed E-state index contributed by atoms with van der Waals surface area (Å²) < 4.78 is 2.24. The molecule has 1 unspecified atom stereocenters. The molecule has 1 aromatic heterocycles. The molecule has 0 saturated carbocycles. The number of nitriles is 1. The predicted octanol–water partition coefficient (Wildman–Crippen LogP) is 3.71. The van der Waals surface area contributed by atoms with Crippen molar-refractivity contribution in [1.29, 1.82) is 5.26 Å². The van der Waals surface area contributed by atoms with Gasteiger partial charge in [0.25, 0.3) is 0 Å². The third-order valence-corrected chi connectivity index (χ3v) is 4.75. The summed E-state index contributed by atoms with van der Waals surface area (Å²) in [5, 5.41) is 8.94. The van der Waals surface area contributed by atoms with Crippen LogP contribution in [0.5, 0.6) is 0 Å². The van der Waals surface area contributed by atoms with Gasteiger partial charge in [-0.05, 0) is 37.9 Å². The number of rotatable bonds is 5. The fourth-order valence-electron chi connectivity index (χ4n) is 3.57. The SMILES string of the molecule is CCC1CCCCN1Cc1nc2ccccc2n1CCC#N. The first-order chi connectivity index (χ1) is 10.8. The Hall–Kier alpha value is -1.86. The zero-order valence-corrected chi connectivity index (χ0v) is 13.3. The van der Waals surface area contributed by atoms with Crippen molar-refractivity contribution < 1.29 is 0 Å². The van der Waals surface area contributed by atoms with E-state index >= 15 is 0 Å². The van der Waals surface area contributed by atoms with E-state index in [0.717, 1.165) is 29.9 Å². The smallest absolute Gasteiger partial charge is 0.124 e. The summed E-state index contributed by atoms with van der Waals surface area (Å²) >= 11 is 0. The van der Waals surface area contributed by atoms with Gasteiger partial charge in [-0.3, -0.25) is 4.90 Å². The van der Waals surface area contributed by atoms with Gasteiger partial charge in [-0.15, -0.1) is 0 Å². The third kappa shape index (κ3) is 3.00. The number of benzene rings is 1. The largest absolute Gasteiger partial charge is 0.326 e. The highest BCUT2D eigenvalue weighted by molar-refractivity contribution is 5.75. The second kappa shape index (κ2) is 6.93. The van der Waals surface area contributed by atoms with Crippen molar-refractivity contribution in [3.05, 3.63) is 30.1 Å². The molecule has 0 amide bonds. The summed E-state index contributed by atoms with van der Waals surface area (Å²) in [6, 6.07) is 11.2. The first-order valence-corrected chi connectivity index (χ1v) is 8.38. The van der Waals surface area contributed by atoms with E-state index in [0.29, 0.717) is 12.5 Å². The molecule has 0 N–H and O–H groups in total. The minimum Gasteiger partial charge on any atom is -0.326 e. The molecule has 1 saturated heterocycles. The van der Waals surface area contributed by atoms with E-state index in [1.807, 2.05) is 12.1 Å². The molecule has 2 aromatic rings. The van der Waals surface area contributed by atoms with E-state index in [1.165, 1.54) is 32.2 Å². The number of aryl methyl sites for hydroxylation is 1. The average Bonchev–Trinajstić information content (AvgIpc) is 2.90. The summed E-state index contributed by atoms with van der Waals surface area (Å²) in [7, 11) is 0. The number of nitrogens with zero attached hydrogens (tertiary/aromatic N) is 4. The molecule has 3 rings (SSSR count). The second-order valence-corrected chi connectivity index (χ2v) is 6.10. The molecule has 1 atom stereocenters. The van der Waals surface area contributed by atoms with Crippen molar-refractivity contribution >= 4 is 11.0 Å². The molecule has 0 radical (unpaired) electrons. The van der Waals surface area contributed by atoms with Crippen LogP contribution in [0.1, 0.15) is 44.9 Å². The zero-order chi connectivity index (χ0) is 15.4. The molecule has 4 heteroatoms. The Labute approximate surface area is 132 Å². The van der Waals surface area contributed by atoms with Gasteiger partial charge < -0.3 is 4.57 Å². The van der Waals surface area contributed by atoms with Crippen molar-refractivity contribution in [3.8, 4) is 6.07 Å². The molecule has 0 aliphatic carbocycles. The lowest BCUT2D eigenvalue weighted by atomic mass is 10.0. The normalized spacial score (nSPS) is 19.4. The standard InChI is InChI=1S/C18H24N4/c1-2-15-8-5-6-12-21(15)14-18-20-16-9-3-4-10-17(16)22(18)13-7-11-19/h3-4,9-10,15H,2,5-8,12-14H2,1H3. The van der Waals surface area contributed by atoms with E-state index < -0.39 is 0 Å². The molecule has 1 aliphatic rings. The maximum Gasteiger partial charge on any atom is 0.124 e. The molecule has 0 bridgehead atoms. The molecule has 116 valence electrons. The quantitative estimate of drug-likeness (QED) is 0.844. The van der Waals surface area contributed by atoms with Crippen LogP contribution in [0.2, 0.25) is 0 Å². The fourth-order valence-corrected chi connectivity index (χ4v) is 3.57. The topological polar surface area (TPSA) is 44.9 Å². The van der Waals surface area contributed by atoms with Gasteiger partial charge in [0.1, 0.15) is 5.82 Å². The van der Waals surface area contributed by atoms with E-state index in [-0.39, 0.29) is 0 Å². The van der Waals surface area contributed by atoms with Crippen LogP contribution in [0.3, 0.4) is 0 Å². The summed E-state index contributed by atoms with van der Waals surface area (Å²) in [5.41, 5.74) is 2.19. The Balaban J connectivity index is 1.90. The highest BCUT2D eigenvalue weighted by Gasteiger charge is 2.23. The number of hydrogen-bond donors (Lipinski definition) is 0. The number of piperidine rings is 1. The zero-order valence-electron chi connectivity index (χ0n) is 13.3. The van der Waals surface area contributed by atoms with Crippen molar-refractivity contribution in [2.24, 2.45) is 0 Å². The van der Waals surface area contributed by atoms with Gasteiger partial charge in [-0.25, -0.2) is 4.98 Å². The van der Waals surface area contributed by atoms with E-state index in [9.17, 15) is 0 Å². The monoisotopic (exact) mass is 296 g/mol. The van der Waals surface area contributed by atoms with Crippen molar-refractivity contribution in [3.63, 3.8) is 0 Å². The fraction of sp³-hybridized carbons (Fsp3) is 0.556. The van der Waals surface area contributed by atoms with Crippen LogP contribution < -0.4 is 0 Å². The van der Waals surface area contributed by atoms with Crippen LogP contribution >= 0.6 is 0 Å². The molecular formula is C18H24N4. The minimum absolute atomic E-state index is 0.532. The van der Waals surface area contributed by atoms with Gasteiger partial charge in [0.05, 0.1) is 30.1 Å². The maximum absolute atomic E-state index is 8.94. The highest BCUT2D eigenvalue weighted by atomic mass is 15.2. The van der Waals surface area contributed by atoms with Crippen LogP contribution in [0.4, 0.5) is 0 Å². The highest BCUT2D eigenvalue weighted by Crippen LogP contribution is 2.23. The summed E-state index contributed by atoms with van der Waals surface area (Å²) in [5.74, 6) is 1.11. The van der Waals surface area contributed by atoms with E-state index in [1.54, 1.807) is 0 Å². The van der Waals surface area contributed by atoms with Gasteiger partial charge >= 0.3 is 0 Å². The molecule has 4 nitrogen and oxygen atoms in total. The third-order valence-electron chi connectivity index (χ3n) is 4.75. The van der Waals surface area contributed by atoms with Crippen LogP contribution in [0, 0.1) is 11.3 Å². The van der Waals surface area contributed by atoms with Gasteiger partial charge in [0, 0.05) is 12.6 Å². The Morgan fingerprint density at radius 1 is 1.32 bits per heavy atom. The van der Waals surface area contributed by atoms with Crippen LogP contribution in [-0.2, 0) is 13.1 Å². The second-order valence-electron chi connectivity index (χ2n) is 6.10. The minimum atomic E-state index is 0.532. The van der Waals surface area contributed by atoms with Gasteiger partial charge in [0.2, 0.25) is 0 Å². The lowest BCUT2D eigenvalue weighted by Crippen LogP contribution is -2.39. The number of aromatic nitrogens is 2. The molecule has 1 aliphatic heterocycles. The predicted molar refractivity (Wildman–Crippen MR) is 88.3 cm³/mol. The van der Waals surface area contributed by atoms with Gasteiger partial charge in [-0.1, -0.05) is 25.5 Å². The van der Waals surface area contributed by atoms with Crippen LogP contribution in [-0.4, -0.2) is 27.0 Å².